The monoisotopic (exact) mass is 570 g/mol. The first-order valence-corrected chi connectivity index (χ1v) is 13.3. The summed E-state index contributed by atoms with van der Waals surface area (Å²) in [5, 5.41) is 0. The standard InChI is InChI=1S/C25H31BrO8S/c1-18(34-17-29-2)14-25(16-23-32-10-11-33-23,35(27,28)20-8-6-5-7-9-20)15-19-12-21(30-3)24(26)22(13-19)31-4/h5-9,12-13,23H,1,10-11,14-17H2,2-4H3. The molecule has 8 nitrogen and oxygen atoms in total. The van der Waals surface area contributed by atoms with Gasteiger partial charge in [0, 0.05) is 20.0 Å². The molecular weight excluding hydrogens is 540 g/mol. The van der Waals surface area contributed by atoms with Crippen molar-refractivity contribution in [1.82, 2.24) is 0 Å². The number of rotatable bonds is 13. The van der Waals surface area contributed by atoms with Crippen LogP contribution >= 0.6 is 15.9 Å². The average Bonchev–Trinajstić information content (AvgIpc) is 3.36. The van der Waals surface area contributed by atoms with Crippen molar-refractivity contribution < 1.29 is 36.8 Å². The first-order valence-electron chi connectivity index (χ1n) is 11.0. The zero-order valence-electron chi connectivity index (χ0n) is 20.1. The number of sulfone groups is 1. The van der Waals surface area contributed by atoms with E-state index in [2.05, 4.69) is 22.5 Å². The molecule has 35 heavy (non-hydrogen) atoms. The van der Waals surface area contributed by atoms with Gasteiger partial charge in [0.1, 0.15) is 16.0 Å². The Balaban J connectivity index is 2.17. The van der Waals surface area contributed by atoms with E-state index in [1.165, 1.54) is 21.3 Å². The zero-order chi connectivity index (χ0) is 25.5. The second kappa shape index (κ2) is 12.2. The van der Waals surface area contributed by atoms with Gasteiger partial charge in [0.05, 0.1) is 42.8 Å². The second-order valence-electron chi connectivity index (χ2n) is 8.13. The van der Waals surface area contributed by atoms with Gasteiger partial charge in [-0.15, -0.1) is 0 Å². The SMILES string of the molecule is C=C(CC(Cc1cc(OC)c(Br)c(OC)c1)(CC1OCCO1)S(=O)(=O)c1ccccc1)OCOC. The largest absolute Gasteiger partial charge is 0.495 e. The van der Waals surface area contributed by atoms with Crippen molar-refractivity contribution in [3.63, 3.8) is 0 Å². The predicted octanol–water partition coefficient (Wildman–Crippen LogP) is 4.51. The molecule has 1 aliphatic heterocycles. The maximum Gasteiger partial charge on any atom is 0.188 e. The van der Waals surface area contributed by atoms with Crippen LogP contribution in [0.4, 0.5) is 0 Å². The van der Waals surface area contributed by atoms with Crippen LogP contribution in [0.25, 0.3) is 0 Å². The van der Waals surface area contributed by atoms with Gasteiger partial charge in [0.25, 0.3) is 0 Å². The lowest BCUT2D eigenvalue weighted by Crippen LogP contribution is -2.45. The van der Waals surface area contributed by atoms with Gasteiger partial charge in [-0.05, 0) is 52.2 Å². The van der Waals surface area contributed by atoms with Crippen LogP contribution in [0, 0.1) is 0 Å². The number of hydrogen-bond acceptors (Lipinski definition) is 8. The van der Waals surface area contributed by atoms with Crippen LogP contribution in [0.15, 0.2) is 64.2 Å². The summed E-state index contributed by atoms with van der Waals surface area (Å²) >= 11 is 3.48. The Hall–Kier alpha value is -2.11. The van der Waals surface area contributed by atoms with Crippen LogP contribution in [0.1, 0.15) is 18.4 Å². The van der Waals surface area contributed by atoms with Crippen LogP contribution in [-0.2, 0) is 35.2 Å². The third kappa shape index (κ3) is 6.37. The van der Waals surface area contributed by atoms with E-state index in [0.717, 1.165) is 0 Å². The fourth-order valence-electron chi connectivity index (χ4n) is 4.14. The second-order valence-corrected chi connectivity index (χ2v) is 11.3. The Morgan fingerprint density at radius 1 is 1.09 bits per heavy atom. The Kier molecular flexibility index (Phi) is 9.60. The maximum absolute atomic E-state index is 14.3. The highest BCUT2D eigenvalue weighted by molar-refractivity contribution is 9.10. The minimum atomic E-state index is -3.95. The average molecular weight is 571 g/mol. The highest BCUT2D eigenvalue weighted by atomic mass is 79.9. The summed E-state index contributed by atoms with van der Waals surface area (Å²) in [6.45, 7) is 4.72. The van der Waals surface area contributed by atoms with Crippen LogP contribution in [0.2, 0.25) is 0 Å². The van der Waals surface area contributed by atoms with Crippen molar-refractivity contribution >= 4 is 25.8 Å². The molecule has 2 aromatic rings. The third-order valence-electron chi connectivity index (χ3n) is 5.79. The van der Waals surface area contributed by atoms with E-state index in [0.29, 0.717) is 34.7 Å². The summed E-state index contributed by atoms with van der Waals surface area (Å²) in [6, 6.07) is 11.9. The Labute approximate surface area is 215 Å². The molecular formula is C25H31BrO8S. The van der Waals surface area contributed by atoms with Gasteiger partial charge in [-0.2, -0.15) is 0 Å². The lowest BCUT2D eigenvalue weighted by Gasteiger charge is -2.36. The fourth-order valence-corrected chi connectivity index (χ4v) is 6.77. The van der Waals surface area contributed by atoms with Crippen molar-refractivity contribution in [2.45, 2.75) is 35.2 Å². The summed E-state index contributed by atoms with van der Waals surface area (Å²) in [5.74, 6) is 1.32. The molecule has 1 saturated heterocycles. The first kappa shape index (κ1) is 27.5. The molecule has 0 aromatic heterocycles. The van der Waals surface area contributed by atoms with Gasteiger partial charge in [0.2, 0.25) is 0 Å². The summed E-state index contributed by atoms with van der Waals surface area (Å²) in [6.07, 6.45) is -0.524. The number of halogens is 1. The van der Waals surface area contributed by atoms with Gasteiger partial charge in [-0.3, -0.25) is 0 Å². The van der Waals surface area contributed by atoms with Crippen molar-refractivity contribution in [3.8, 4) is 11.5 Å². The molecule has 1 heterocycles. The molecule has 10 heteroatoms. The number of allylic oxidation sites excluding steroid dienone is 1. The molecule has 0 bridgehead atoms. The summed E-state index contributed by atoms with van der Waals surface area (Å²) in [7, 11) is 0.614. The lowest BCUT2D eigenvalue weighted by atomic mass is 9.90. The molecule has 0 saturated carbocycles. The van der Waals surface area contributed by atoms with Crippen LogP contribution < -0.4 is 9.47 Å². The van der Waals surface area contributed by atoms with Gasteiger partial charge in [0.15, 0.2) is 22.9 Å². The van der Waals surface area contributed by atoms with Crippen LogP contribution in [0.5, 0.6) is 11.5 Å². The topological polar surface area (TPSA) is 89.5 Å². The predicted molar refractivity (Wildman–Crippen MR) is 134 cm³/mol. The van der Waals surface area contributed by atoms with Crippen molar-refractivity contribution in [3.05, 3.63) is 64.8 Å². The Morgan fingerprint density at radius 2 is 1.69 bits per heavy atom. The van der Waals surface area contributed by atoms with Crippen LogP contribution in [0.3, 0.4) is 0 Å². The molecule has 3 rings (SSSR count). The van der Waals surface area contributed by atoms with Crippen molar-refractivity contribution in [2.24, 2.45) is 0 Å². The molecule has 0 amide bonds. The van der Waals surface area contributed by atoms with E-state index in [4.69, 9.17) is 28.4 Å². The van der Waals surface area contributed by atoms with E-state index in [9.17, 15) is 8.42 Å². The van der Waals surface area contributed by atoms with Gasteiger partial charge < -0.3 is 28.4 Å². The summed E-state index contributed by atoms with van der Waals surface area (Å²) in [5.41, 5.74) is 0.693. The van der Waals surface area contributed by atoms with Crippen molar-refractivity contribution in [1.29, 1.82) is 0 Å². The highest BCUT2D eigenvalue weighted by Gasteiger charge is 2.48. The summed E-state index contributed by atoms with van der Waals surface area (Å²) in [4.78, 5) is 0.189. The molecule has 0 aliphatic carbocycles. The Morgan fingerprint density at radius 3 is 2.23 bits per heavy atom. The number of benzene rings is 2. The summed E-state index contributed by atoms with van der Waals surface area (Å²) < 4.78 is 60.8. The number of hydrogen-bond donors (Lipinski definition) is 0. The van der Waals surface area contributed by atoms with Gasteiger partial charge in [-0.25, -0.2) is 8.42 Å². The third-order valence-corrected chi connectivity index (χ3v) is 9.05. The molecule has 0 spiro atoms. The number of ether oxygens (including phenoxy) is 6. The van der Waals surface area contributed by atoms with E-state index in [-0.39, 0.29) is 36.7 Å². The molecule has 0 N–H and O–H groups in total. The highest BCUT2D eigenvalue weighted by Crippen LogP contribution is 2.43. The molecule has 1 atom stereocenters. The first-order chi connectivity index (χ1) is 16.8. The Bertz CT molecular complexity index is 1070. The number of methoxy groups -OCH3 is 3. The minimum absolute atomic E-state index is 0.00248. The van der Waals surface area contributed by atoms with Crippen LogP contribution in [-0.4, -0.2) is 60.8 Å². The van der Waals surface area contributed by atoms with E-state index >= 15 is 0 Å². The molecule has 2 aromatic carbocycles. The quantitative estimate of drug-likeness (QED) is 0.257. The van der Waals surface area contributed by atoms with E-state index in [1.54, 1.807) is 42.5 Å². The van der Waals surface area contributed by atoms with Crippen molar-refractivity contribution in [2.75, 3.05) is 41.3 Å². The molecule has 1 fully saturated rings. The molecule has 192 valence electrons. The van der Waals surface area contributed by atoms with Gasteiger partial charge >= 0.3 is 0 Å². The maximum atomic E-state index is 14.3. The van der Waals surface area contributed by atoms with E-state index < -0.39 is 20.9 Å². The van der Waals surface area contributed by atoms with E-state index in [1.807, 2.05) is 0 Å². The molecule has 0 radical (unpaired) electrons. The minimum Gasteiger partial charge on any atom is -0.495 e. The molecule has 1 unspecified atom stereocenters. The van der Waals surface area contributed by atoms with Gasteiger partial charge in [-0.1, -0.05) is 24.8 Å². The smallest absolute Gasteiger partial charge is 0.188 e. The fraction of sp³-hybridized carbons (Fsp3) is 0.440. The zero-order valence-corrected chi connectivity index (χ0v) is 22.5. The lowest BCUT2D eigenvalue weighted by molar-refractivity contribution is -0.0560. The normalized spacial score (nSPS) is 16.0. The molecule has 1 aliphatic rings.